The molecular formula is C23H21FN4O2S. The van der Waals surface area contributed by atoms with Gasteiger partial charge in [-0.3, -0.25) is 4.79 Å². The highest BCUT2D eigenvalue weighted by atomic mass is 32.2. The van der Waals surface area contributed by atoms with Crippen LogP contribution in [-0.2, 0) is 10.5 Å². The minimum Gasteiger partial charge on any atom is -0.497 e. The Morgan fingerprint density at radius 2 is 2.00 bits per heavy atom. The van der Waals surface area contributed by atoms with Gasteiger partial charge in [-0.25, -0.2) is 9.07 Å². The van der Waals surface area contributed by atoms with Gasteiger partial charge in [-0.05, 0) is 42.2 Å². The summed E-state index contributed by atoms with van der Waals surface area (Å²) in [6.07, 6.45) is 2.16. The summed E-state index contributed by atoms with van der Waals surface area (Å²) < 4.78 is 21.0. The molecule has 8 heteroatoms. The normalized spacial score (nSPS) is 17.7. The van der Waals surface area contributed by atoms with E-state index in [1.54, 1.807) is 23.9 Å². The van der Waals surface area contributed by atoms with Gasteiger partial charge < -0.3 is 10.1 Å². The molecule has 158 valence electrons. The Balaban J connectivity index is 1.50. The van der Waals surface area contributed by atoms with E-state index in [2.05, 4.69) is 15.4 Å². The molecule has 31 heavy (non-hydrogen) atoms. The first-order chi connectivity index (χ1) is 15.1. The first kappa shape index (κ1) is 19.8. The lowest BCUT2D eigenvalue weighted by Crippen LogP contribution is -2.31. The molecule has 0 radical (unpaired) electrons. The number of hydrogen-bond donors (Lipinski definition) is 1. The van der Waals surface area contributed by atoms with Crippen LogP contribution < -0.4 is 10.1 Å². The zero-order valence-corrected chi connectivity index (χ0v) is 17.8. The molecule has 1 aliphatic heterocycles. The minimum absolute atomic E-state index is 0.135. The van der Waals surface area contributed by atoms with Crippen LogP contribution >= 0.6 is 11.8 Å². The molecule has 5 rings (SSSR count). The van der Waals surface area contributed by atoms with Crippen LogP contribution in [0.3, 0.4) is 0 Å². The van der Waals surface area contributed by atoms with Gasteiger partial charge >= 0.3 is 0 Å². The van der Waals surface area contributed by atoms with Crippen molar-refractivity contribution in [2.45, 2.75) is 36.2 Å². The fourth-order valence-corrected chi connectivity index (χ4v) is 4.87. The van der Waals surface area contributed by atoms with E-state index in [1.165, 1.54) is 17.8 Å². The van der Waals surface area contributed by atoms with Crippen LogP contribution in [0.2, 0.25) is 0 Å². The largest absolute Gasteiger partial charge is 0.497 e. The predicted molar refractivity (Wildman–Crippen MR) is 117 cm³/mol. The zero-order chi connectivity index (χ0) is 21.4. The van der Waals surface area contributed by atoms with Gasteiger partial charge in [0, 0.05) is 23.4 Å². The number of methoxy groups -OCH3 is 1. The van der Waals surface area contributed by atoms with Crippen molar-refractivity contribution < 1.29 is 13.9 Å². The number of carbonyl (C=O) groups is 1. The lowest BCUT2D eigenvalue weighted by Gasteiger charge is -2.32. The number of nitrogens with one attached hydrogen (secondary N) is 1. The third kappa shape index (κ3) is 3.72. The van der Waals surface area contributed by atoms with E-state index in [4.69, 9.17) is 4.74 Å². The molecule has 0 amide bonds. The molecule has 0 bridgehead atoms. The lowest BCUT2D eigenvalue weighted by molar-refractivity contribution is -0.116. The van der Waals surface area contributed by atoms with Crippen LogP contribution in [-0.4, -0.2) is 27.7 Å². The molecule has 0 unspecified atom stereocenters. The van der Waals surface area contributed by atoms with Crippen molar-refractivity contribution in [2.24, 2.45) is 0 Å². The monoisotopic (exact) mass is 436 g/mol. The van der Waals surface area contributed by atoms with Gasteiger partial charge in [0.25, 0.3) is 0 Å². The fraction of sp³-hybridized carbons (Fsp3) is 0.261. The number of ketones is 1. The van der Waals surface area contributed by atoms with E-state index in [1.807, 2.05) is 30.3 Å². The van der Waals surface area contributed by atoms with Gasteiger partial charge in [-0.15, -0.1) is 5.10 Å². The summed E-state index contributed by atoms with van der Waals surface area (Å²) in [6.45, 7) is 0. The SMILES string of the molecule is COc1ccc([C@H]2C3=C(CCCC3=O)Nc3nc(SCc4ccccc4F)nn32)cc1. The van der Waals surface area contributed by atoms with E-state index in [-0.39, 0.29) is 17.6 Å². The summed E-state index contributed by atoms with van der Waals surface area (Å²) in [5, 5.41) is 8.54. The second kappa shape index (κ2) is 8.19. The van der Waals surface area contributed by atoms with Crippen LogP contribution in [0.4, 0.5) is 10.3 Å². The maximum atomic E-state index is 14.0. The number of thioether (sulfide) groups is 1. The Hall–Kier alpha value is -3.13. The Bertz CT molecular complexity index is 1170. The van der Waals surface area contributed by atoms with E-state index < -0.39 is 0 Å². The van der Waals surface area contributed by atoms with Crippen molar-refractivity contribution in [3.8, 4) is 5.75 Å². The van der Waals surface area contributed by atoms with Gasteiger partial charge in [0.1, 0.15) is 17.6 Å². The Morgan fingerprint density at radius 1 is 1.19 bits per heavy atom. The highest BCUT2D eigenvalue weighted by Crippen LogP contribution is 2.41. The third-order valence-corrected chi connectivity index (χ3v) is 6.48. The van der Waals surface area contributed by atoms with Crippen molar-refractivity contribution in [3.63, 3.8) is 0 Å². The van der Waals surface area contributed by atoms with E-state index in [0.29, 0.717) is 28.8 Å². The summed E-state index contributed by atoms with van der Waals surface area (Å²) in [6, 6.07) is 14.0. The average Bonchev–Trinajstić information content (AvgIpc) is 3.20. The Morgan fingerprint density at radius 3 is 2.77 bits per heavy atom. The standard InChI is InChI=1S/C23H21FN4O2S/c1-30-16-11-9-14(10-12-16)21-20-18(7-4-8-19(20)29)25-22-26-23(27-28(21)22)31-13-15-5-2-3-6-17(15)24/h2-3,5-6,9-12,21H,4,7-8,13H2,1H3,(H,25,26,27)/t21-/m0/s1. The average molecular weight is 437 g/mol. The molecule has 0 saturated carbocycles. The molecule has 2 heterocycles. The maximum absolute atomic E-state index is 14.0. The van der Waals surface area contributed by atoms with Crippen molar-refractivity contribution >= 4 is 23.5 Å². The second-order valence-electron chi connectivity index (χ2n) is 7.51. The Kier molecular flexibility index (Phi) is 5.23. The second-order valence-corrected chi connectivity index (χ2v) is 8.45. The summed E-state index contributed by atoms with van der Waals surface area (Å²) in [4.78, 5) is 17.5. The van der Waals surface area contributed by atoms with Crippen LogP contribution in [0.5, 0.6) is 5.75 Å². The molecule has 0 saturated heterocycles. The van der Waals surface area contributed by atoms with E-state index >= 15 is 0 Å². The molecule has 2 aliphatic rings. The third-order valence-electron chi connectivity index (χ3n) is 5.59. The highest BCUT2D eigenvalue weighted by molar-refractivity contribution is 7.98. The maximum Gasteiger partial charge on any atom is 0.227 e. The number of halogens is 1. The lowest BCUT2D eigenvalue weighted by atomic mass is 9.85. The van der Waals surface area contributed by atoms with Crippen molar-refractivity contribution in [2.75, 3.05) is 12.4 Å². The number of allylic oxidation sites excluding steroid dienone is 2. The number of ether oxygens (including phenoxy) is 1. The number of nitrogens with zero attached hydrogens (tertiary/aromatic N) is 3. The molecule has 1 aromatic heterocycles. The zero-order valence-electron chi connectivity index (χ0n) is 17.0. The van der Waals surface area contributed by atoms with Crippen LogP contribution in [0.15, 0.2) is 65.0 Å². The molecule has 0 fully saturated rings. The number of anilines is 1. The number of fused-ring (bicyclic) bond motifs is 1. The number of hydrogen-bond acceptors (Lipinski definition) is 6. The van der Waals surface area contributed by atoms with E-state index in [0.717, 1.165) is 35.4 Å². The smallest absolute Gasteiger partial charge is 0.227 e. The van der Waals surface area contributed by atoms with Crippen LogP contribution in [0.25, 0.3) is 0 Å². The van der Waals surface area contributed by atoms with Gasteiger partial charge in [-0.2, -0.15) is 4.98 Å². The molecule has 6 nitrogen and oxygen atoms in total. The van der Waals surface area contributed by atoms with Crippen molar-refractivity contribution in [1.29, 1.82) is 0 Å². The molecular weight excluding hydrogens is 415 g/mol. The van der Waals surface area contributed by atoms with Gasteiger partial charge in [-0.1, -0.05) is 42.1 Å². The number of benzene rings is 2. The molecule has 1 N–H and O–H groups in total. The number of Topliss-reactive ketones (excluding diaryl/α,β-unsaturated/α-hetero) is 1. The highest BCUT2D eigenvalue weighted by Gasteiger charge is 2.36. The first-order valence-electron chi connectivity index (χ1n) is 10.1. The topological polar surface area (TPSA) is 69.0 Å². The van der Waals surface area contributed by atoms with Gasteiger partial charge in [0.15, 0.2) is 5.78 Å². The predicted octanol–water partition coefficient (Wildman–Crippen LogP) is 4.74. The molecule has 2 aromatic carbocycles. The number of carbonyl (C=O) groups excluding carboxylic acids is 1. The van der Waals surface area contributed by atoms with E-state index in [9.17, 15) is 9.18 Å². The number of rotatable bonds is 5. The summed E-state index contributed by atoms with van der Waals surface area (Å²) in [7, 11) is 1.62. The van der Waals surface area contributed by atoms with Crippen LogP contribution in [0.1, 0.15) is 36.4 Å². The molecule has 3 aromatic rings. The first-order valence-corrected chi connectivity index (χ1v) is 11.1. The number of aromatic nitrogens is 3. The van der Waals surface area contributed by atoms with Crippen molar-refractivity contribution in [3.05, 3.63) is 76.7 Å². The molecule has 1 atom stereocenters. The Labute approximate surface area is 183 Å². The summed E-state index contributed by atoms with van der Waals surface area (Å²) in [5.41, 5.74) is 3.22. The van der Waals surface area contributed by atoms with Gasteiger partial charge in [0.2, 0.25) is 11.1 Å². The molecule has 1 aliphatic carbocycles. The minimum atomic E-state index is -0.347. The fourth-order valence-electron chi connectivity index (χ4n) is 4.05. The van der Waals surface area contributed by atoms with Crippen molar-refractivity contribution in [1.82, 2.24) is 14.8 Å². The van der Waals surface area contributed by atoms with Gasteiger partial charge in [0.05, 0.1) is 7.11 Å². The quantitative estimate of drug-likeness (QED) is 0.583. The summed E-state index contributed by atoms with van der Waals surface area (Å²) >= 11 is 1.37. The van der Waals surface area contributed by atoms with Crippen LogP contribution in [0, 0.1) is 5.82 Å². The molecule has 0 spiro atoms. The summed E-state index contributed by atoms with van der Waals surface area (Å²) in [5.74, 6) is 1.68.